The van der Waals surface area contributed by atoms with Gasteiger partial charge in [-0.2, -0.15) is 8.42 Å². The van der Waals surface area contributed by atoms with Crippen molar-refractivity contribution in [2.75, 3.05) is 19.4 Å². The van der Waals surface area contributed by atoms with Crippen LogP contribution in [0.4, 0.5) is 0 Å². The summed E-state index contributed by atoms with van der Waals surface area (Å²) in [5, 5.41) is 3.66. The lowest BCUT2D eigenvalue weighted by Gasteiger charge is -2.33. The van der Waals surface area contributed by atoms with E-state index in [9.17, 15) is 8.42 Å². The first kappa shape index (κ1) is 29.3. The summed E-state index contributed by atoms with van der Waals surface area (Å²) in [6.07, 6.45) is -1.23. The van der Waals surface area contributed by atoms with Gasteiger partial charge in [-0.3, -0.25) is 4.18 Å². The van der Waals surface area contributed by atoms with Crippen LogP contribution in [0.3, 0.4) is 0 Å². The highest BCUT2D eigenvalue weighted by atomic mass is 32.2. The maximum Gasteiger partial charge on any atom is 0.264 e. The van der Waals surface area contributed by atoms with Crippen LogP contribution >= 0.6 is 0 Å². The third-order valence-electron chi connectivity index (χ3n) is 5.59. The Balaban J connectivity index is 1.85. The van der Waals surface area contributed by atoms with Gasteiger partial charge in [0.15, 0.2) is 0 Å². The van der Waals surface area contributed by atoms with Crippen molar-refractivity contribution in [3.05, 3.63) is 118 Å². The van der Waals surface area contributed by atoms with Crippen LogP contribution < -0.4 is 0 Å². The van der Waals surface area contributed by atoms with E-state index >= 15 is 0 Å². The van der Waals surface area contributed by atoms with E-state index < -0.39 is 28.4 Å². The number of hydrogen-bond acceptors (Lipinski definition) is 7. The van der Waals surface area contributed by atoms with Gasteiger partial charge in [0.25, 0.3) is 10.1 Å². The first-order valence-corrected chi connectivity index (χ1v) is 14.1. The minimum Gasteiger partial charge on any atom is -0.374 e. The highest BCUT2D eigenvalue weighted by molar-refractivity contribution is 7.86. The first-order chi connectivity index (χ1) is 18.4. The van der Waals surface area contributed by atoms with Crippen molar-refractivity contribution < 1.29 is 26.8 Å². The molecule has 0 unspecified atom stereocenters. The summed E-state index contributed by atoms with van der Waals surface area (Å²) < 4.78 is 48.5. The fraction of sp³-hybridized carbons (Fsp3) is 0.357. The molecule has 9 nitrogen and oxygen atoms in total. The zero-order valence-corrected chi connectivity index (χ0v) is 22.2. The summed E-state index contributed by atoms with van der Waals surface area (Å²) in [5.74, 6) is 0. The molecule has 0 bridgehead atoms. The number of nitrogens with zero attached hydrogens (tertiary/aromatic N) is 3. The van der Waals surface area contributed by atoms with E-state index in [-0.39, 0.29) is 33.0 Å². The largest absolute Gasteiger partial charge is 0.374 e. The van der Waals surface area contributed by atoms with Gasteiger partial charge in [0, 0.05) is 11.5 Å². The number of azide groups is 1. The molecule has 0 fully saturated rings. The van der Waals surface area contributed by atoms with Crippen molar-refractivity contribution in [2.45, 2.75) is 44.6 Å². The Kier molecular flexibility index (Phi) is 12.3. The lowest BCUT2D eigenvalue weighted by Crippen LogP contribution is -2.46. The van der Waals surface area contributed by atoms with Gasteiger partial charge in [-0.05, 0) is 28.6 Å². The van der Waals surface area contributed by atoms with Crippen molar-refractivity contribution in [1.82, 2.24) is 0 Å². The maximum atomic E-state index is 12.3. The lowest BCUT2D eigenvalue weighted by molar-refractivity contribution is -0.140. The lowest BCUT2D eigenvalue weighted by atomic mass is 10.0. The second kappa shape index (κ2) is 15.9. The monoisotopic (exact) mass is 539 g/mol. The Morgan fingerprint density at radius 1 is 0.763 bits per heavy atom. The average Bonchev–Trinajstić information content (AvgIpc) is 2.92. The van der Waals surface area contributed by atoms with E-state index in [1.54, 1.807) is 0 Å². The SMILES string of the molecule is CS(=O)(=O)O[C@H](COCc1ccccc1)[C@@H](OCc1ccccc1)[C@@H](CCN=[N+]=[N-])OCc1ccccc1. The summed E-state index contributed by atoms with van der Waals surface area (Å²) in [4.78, 5) is 2.84. The molecule has 0 aliphatic carbocycles. The Bertz CT molecular complexity index is 1220. The summed E-state index contributed by atoms with van der Waals surface area (Å²) >= 11 is 0. The minimum absolute atomic E-state index is 0.0614. The van der Waals surface area contributed by atoms with Crippen molar-refractivity contribution in [2.24, 2.45) is 5.11 Å². The van der Waals surface area contributed by atoms with Crippen molar-refractivity contribution in [3.63, 3.8) is 0 Å². The second-order valence-corrected chi connectivity index (χ2v) is 10.3. The van der Waals surface area contributed by atoms with E-state index in [2.05, 4.69) is 10.0 Å². The summed E-state index contributed by atoms with van der Waals surface area (Å²) in [6, 6.07) is 28.6. The molecule has 38 heavy (non-hydrogen) atoms. The van der Waals surface area contributed by atoms with E-state index in [4.69, 9.17) is 23.9 Å². The Hall–Kier alpha value is -3.24. The van der Waals surface area contributed by atoms with Crippen LogP contribution in [0, 0.1) is 0 Å². The van der Waals surface area contributed by atoms with Crippen LogP contribution in [0.1, 0.15) is 23.1 Å². The number of ether oxygens (including phenoxy) is 3. The van der Waals surface area contributed by atoms with Crippen LogP contribution in [-0.4, -0.2) is 46.1 Å². The molecular formula is C28H33N3O6S. The Morgan fingerprint density at radius 2 is 1.26 bits per heavy atom. The number of hydrogen-bond donors (Lipinski definition) is 0. The van der Waals surface area contributed by atoms with E-state index in [1.165, 1.54) is 0 Å². The summed E-state index contributed by atoms with van der Waals surface area (Å²) in [7, 11) is -3.87. The predicted molar refractivity (Wildman–Crippen MR) is 144 cm³/mol. The summed E-state index contributed by atoms with van der Waals surface area (Å²) in [5.41, 5.74) is 11.6. The molecule has 0 radical (unpaired) electrons. The molecule has 3 atom stereocenters. The summed E-state index contributed by atoms with van der Waals surface area (Å²) in [6.45, 7) is 0.792. The van der Waals surface area contributed by atoms with Gasteiger partial charge >= 0.3 is 0 Å². The molecule has 0 N–H and O–H groups in total. The number of rotatable bonds is 17. The van der Waals surface area contributed by atoms with Crippen LogP contribution in [0.2, 0.25) is 0 Å². The van der Waals surface area contributed by atoms with Gasteiger partial charge in [-0.1, -0.05) is 96.1 Å². The normalized spacial score (nSPS) is 13.8. The highest BCUT2D eigenvalue weighted by Crippen LogP contribution is 2.22. The molecule has 0 saturated carbocycles. The van der Waals surface area contributed by atoms with Gasteiger partial charge in [0.1, 0.15) is 12.2 Å². The van der Waals surface area contributed by atoms with Crippen LogP contribution in [-0.2, 0) is 48.3 Å². The van der Waals surface area contributed by atoms with E-state index in [0.717, 1.165) is 22.9 Å². The first-order valence-electron chi connectivity index (χ1n) is 12.3. The molecule has 10 heteroatoms. The Labute approximate surface area is 224 Å². The molecule has 0 aliphatic heterocycles. The van der Waals surface area contributed by atoms with Gasteiger partial charge in [0.05, 0.1) is 38.8 Å². The molecule has 0 heterocycles. The molecule has 0 saturated heterocycles. The highest BCUT2D eigenvalue weighted by Gasteiger charge is 2.35. The molecule has 0 aromatic heterocycles. The standard InChI is InChI=1S/C28H33N3O6S/c1-38(32,33)37-27(22-34-19-23-11-5-2-6-12-23)28(36-21-25-15-9-4-10-16-25)26(17-18-30-31-29)35-20-24-13-7-3-8-14-24/h2-16,26-28H,17-22H2,1H3/t26-,27-,28+/m1/s1. The number of benzene rings is 3. The maximum absolute atomic E-state index is 12.3. The second-order valence-electron chi connectivity index (χ2n) is 8.68. The van der Waals surface area contributed by atoms with Crippen LogP contribution in [0.25, 0.3) is 10.4 Å². The van der Waals surface area contributed by atoms with Crippen LogP contribution in [0.5, 0.6) is 0 Å². The smallest absolute Gasteiger partial charge is 0.264 e. The molecule has 3 aromatic carbocycles. The third kappa shape index (κ3) is 11.0. The molecule has 0 spiro atoms. The quantitative estimate of drug-likeness (QED) is 0.0978. The molecule has 0 amide bonds. The zero-order valence-electron chi connectivity index (χ0n) is 21.3. The van der Waals surface area contributed by atoms with Gasteiger partial charge in [0.2, 0.25) is 0 Å². The molecule has 0 aliphatic rings. The molecule has 3 aromatic rings. The van der Waals surface area contributed by atoms with Crippen molar-refractivity contribution >= 4 is 10.1 Å². The molecule has 3 rings (SSSR count). The van der Waals surface area contributed by atoms with Gasteiger partial charge in [-0.25, -0.2) is 0 Å². The Morgan fingerprint density at radius 3 is 1.76 bits per heavy atom. The minimum atomic E-state index is -3.87. The van der Waals surface area contributed by atoms with Crippen molar-refractivity contribution in [1.29, 1.82) is 0 Å². The van der Waals surface area contributed by atoms with Gasteiger partial charge in [-0.15, -0.1) is 0 Å². The van der Waals surface area contributed by atoms with Crippen molar-refractivity contribution in [3.8, 4) is 0 Å². The average molecular weight is 540 g/mol. The fourth-order valence-electron chi connectivity index (χ4n) is 3.84. The fourth-order valence-corrected chi connectivity index (χ4v) is 4.45. The van der Waals surface area contributed by atoms with E-state index in [0.29, 0.717) is 6.42 Å². The van der Waals surface area contributed by atoms with Crippen LogP contribution in [0.15, 0.2) is 96.1 Å². The third-order valence-corrected chi connectivity index (χ3v) is 6.19. The predicted octanol–water partition coefficient (Wildman–Crippen LogP) is 5.42. The molecular weight excluding hydrogens is 506 g/mol. The zero-order chi connectivity index (χ0) is 27.1. The molecule has 202 valence electrons. The van der Waals surface area contributed by atoms with E-state index in [1.807, 2.05) is 91.0 Å². The van der Waals surface area contributed by atoms with Gasteiger partial charge < -0.3 is 14.2 Å². The topological polar surface area (TPSA) is 120 Å².